The summed E-state index contributed by atoms with van der Waals surface area (Å²) in [6.45, 7) is 5.39. The molecule has 2 heterocycles. The molecule has 0 spiro atoms. The summed E-state index contributed by atoms with van der Waals surface area (Å²) in [4.78, 5) is 12.8. The van der Waals surface area contributed by atoms with E-state index in [1.807, 2.05) is 36.0 Å². The minimum atomic E-state index is -3.61. The van der Waals surface area contributed by atoms with Crippen molar-refractivity contribution in [3.8, 4) is 0 Å². The summed E-state index contributed by atoms with van der Waals surface area (Å²) in [6.07, 6.45) is 5.87. The van der Waals surface area contributed by atoms with Crippen LogP contribution in [0, 0.1) is 0 Å². The smallest absolute Gasteiger partial charge is 0.293 e. The molecule has 7 nitrogen and oxygen atoms in total. The van der Waals surface area contributed by atoms with Gasteiger partial charge in [-0.25, -0.2) is 8.42 Å². The van der Waals surface area contributed by atoms with Gasteiger partial charge in [0.05, 0.1) is 18.1 Å². The quantitative estimate of drug-likeness (QED) is 0.699. The van der Waals surface area contributed by atoms with E-state index in [2.05, 4.69) is 12.2 Å². The molecule has 1 aliphatic rings. The molecule has 0 aliphatic carbocycles. The summed E-state index contributed by atoms with van der Waals surface area (Å²) in [5, 5.41) is 2.83. The van der Waals surface area contributed by atoms with Crippen LogP contribution in [-0.2, 0) is 26.0 Å². The number of amides is 1. The number of nitrogens with one attached hydrogen (secondary N) is 1. The van der Waals surface area contributed by atoms with E-state index in [0.29, 0.717) is 32.0 Å². The predicted octanol–water partition coefficient (Wildman–Crippen LogP) is 2.15. The van der Waals surface area contributed by atoms with Gasteiger partial charge in [0.1, 0.15) is 0 Å². The number of benzene rings is 1. The summed E-state index contributed by atoms with van der Waals surface area (Å²) >= 11 is 0. The third-order valence-corrected chi connectivity index (χ3v) is 6.89. The monoisotopic (exact) mass is 418 g/mol. The van der Waals surface area contributed by atoms with E-state index >= 15 is 0 Å². The van der Waals surface area contributed by atoms with E-state index in [9.17, 15) is 13.2 Å². The zero-order chi connectivity index (χ0) is 20.9. The highest BCUT2D eigenvalue weighted by atomic mass is 32.2. The van der Waals surface area contributed by atoms with Crippen molar-refractivity contribution < 1.29 is 22.5 Å². The van der Waals surface area contributed by atoms with Gasteiger partial charge in [0, 0.05) is 37.8 Å². The van der Waals surface area contributed by atoms with E-state index in [1.165, 1.54) is 15.9 Å². The lowest BCUT2D eigenvalue weighted by molar-refractivity contribution is -0.705. The van der Waals surface area contributed by atoms with Crippen molar-refractivity contribution in [3.63, 3.8) is 0 Å². The van der Waals surface area contributed by atoms with Gasteiger partial charge in [-0.3, -0.25) is 4.79 Å². The number of pyridine rings is 1. The molecule has 0 radical (unpaired) electrons. The fourth-order valence-corrected chi connectivity index (χ4v) is 4.69. The van der Waals surface area contributed by atoms with Crippen LogP contribution in [0.4, 0.5) is 5.69 Å². The normalized spacial score (nSPS) is 16.3. The maximum Gasteiger partial charge on any atom is 0.293 e. The van der Waals surface area contributed by atoms with Crippen molar-refractivity contribution >= 4 is 21.6 Å². The van der Waals surface area contributed by atoms with E-state index in [4.69, 9.17) is 4.74 Å². The molecule has 29 heavy (non-hydrogen) atoms. The molecule has 1 aromatic carbocycles. The fourth-order valence-electron chi connectivity index (χ4n) is 3.23. The summed E-state index contributed by atoms with van der Waals surface area (Å²) < 4.78 is 34.1. The third kappa shape index (κ3) is 5.20. The molecule has 0 bridgehead atoms. The van der Waals surface area contributed by atoms with Crippen LogP contribution in [0.3, 0.4) is 0 Å². The zero-order valence-corrected chi connectivity index (χ0v) is 17.7. The number of hydrogen-bond donors (Lipinski definition) is 1. The first-order chi connectivity index (χ1) is 13.9. The van der Waals surface area contributed by atoms with Gasteiger partial charge in [-0.1, -0.05) is 19.4 Å². The Balaban J connectivity index is 1.71. The van der Waals surface area contributed by atoms with E-state index in [0.717, 1.165) is 12.8 Å². The lowest BCUT2D eigenvalue weighted by atomic mass is 10.1. The number of aryl methyl sites for hydroxylation is 1. The molecule has 1 amide bonds. The number of morpholine rings is 1. The van der Waals surface area contributed by atoms with E-state index in [1.54, 1.807) is 18.2 Å². The SMILES string of the molecule is CCCc1cc[n+]([C@H](C)C(=O)Nc2cccc(S(=O)(=O)N3CCOCC3)c2)cc1. The second-order valence-electron chi connectivity index (χ2n) is 7.11. The molecule has 2 aromatic rings. The standard InChI is InChI=1S/C21H27N3O4S/c1-3-5-18-8-10-23(11-9-18)17(2)21(25)22-19-6-4-7-20(16-19)29(26,27)24-12-14-28-15-13-24/h4,6-11,16-17H,3,5,12-15H2,1-2H3/p+1/t17-/m1/s1. The molecular weight excluding hydrogens is 390 g/mol. The third-order valence-electron chi connectivity index (χ3n) is 5.00. The average molecular weight is 419 g/mol. The van der Waals surface area contributed by atoms with Crippen molar-refractivity contribution in [2.75, 3.05) is 31.6 Å². The van der Waals surface area contributed by atoms with Gasteiger partial charge in [-0.05, 0) is 30.2 Å². The number of carbonyl (C=O) groups is 1. The van der Waals surface area contributed by atoms with Crippen molar-refractivity contribution in [2.45, 2.75) is 37.6 Å². The molecule has 0 unspecified atom stereocenters. The maximum atomic E-state index is 12.8. The van der Waals surface area contributed by atoms with Gasteiger partial charge >= 0.3 is 0 Å². The van der Waals surface area contributed by atoms with Gasteiger partial charge in [0.15, 0.2) is 12.4 Å². The second-order valence-corrected chi connectivity index (χ2v) is 9.05. The Morgan fingerprint density at radius 1 is 1.21 bits per heavy atom. The van der Waals surface area contributed by atoms with Gasteiger partial charge in [-0.15, -0.1) is 0 Å². The number of anilines is 1. The number of sulfonamides is 1. The molecule has 156 valence electrons. The molecule has 8 heteroatoms. The Bertz CT molecular complexity index is 939. The van der Waals surface area contributed by atoms with Crippen LogP contribution < -0.4 is 9.88 Å². The molecule has 3 rings (SSSR count). The molecule has 0 saturated carbocycles. The molecule has 1 aliphatic heterocycles. The van der Waals surface area contributed by atoms with Crippen LogP contribution >= 0.6 is 0 Å². The van der Waals surface area contributed by atoms with Crippen LogP contribution in [0.2, 0.25) is 0 Å². The van der Waals surface area contributed by atoms with Gasteiger partial charge in [0.25, 0.3) is 5.91 Å². The number of carbonyl (C=O) groups excluding carboxylic acids is 1. The van der Waals surface area contributed by atoms with Crippen molar-refractivity contribution in [1.82, 2.24) is 4.31 Å². The summed E-state index contributed by atoms with van der Waals surface area (Å²) in [7, 11) is -3.61. The molecule has 1 atom stereocenters. The van der Waals surface area contributed by atoms with Gasteiger partial charge in [0.2, 0.25) is 16.1 Å². The maximum absolute atomic E-state index is 12.8. The first-order valence-electron chi connectivity index (χ1n) is 9.90. The molecular formula is C21H28N3O4S+. The van der Waals surface area contributed by atoms with Crippen LogP contribution in [0.15, 0.2) is 53.7 Å². The first-order valence-corrected chi connectivity index (χ1v) is 11.3. The predicted molar refractivity (Wildman–Crippen MR) is 110 cm³/mol. The summed E-state index contributed by atoms with van der Waals surface area (Å²) in [5.41, 5.74) is 1.69. The topological polar surface area (TPSA) is 79.6 Å². The van der Waals surface area contributed by atoms with Gasteiger partial charge < -0.3 is 10.1 Å². The zero-order valence-electron chi connectivity index (χ0n) is 16.9. The largest absolute Gasteiger partial charge is 0.379 e. The number of nitrogens with zero attached hydrogens (tertiary/aromatic N) is 2. The minimum Gasteiger partial charge on any atom is -0.379 e. The number of aromatic nitrogens is 1. The minimum absolute atomic E-state index is 0.168. The van der Waals surface area contributed by atoms with E-state index in [-0.39, 0.29) is 10.8 Å². The summed E-state index contributed by atoms with van der Waals surface area (Å²) in [5.74, 6) is -0.209. The van der Waals surface area contributed by atoms with Crippen LogP contribution in [0.25, 0.3) is 0 Å². The highest BCUT2D eigenvalue weighted by Gasteiger charge is 2.27. The van der Waals surface area contributed by atoms with Gasteiger partial charge in [-0.2, -0.15) is 8.87 Å². The Morgan fingerprint density at radius 3 is 2.55 bits per heavy atom. The van der Waals surface area contributed by atoms with E-state index < -0.39 is 16.1 Å². The number of ether oxygens (including phenoxy) is 1. The Labute approximate surface area is 172 Å². The first kappa shape index (κ1) is 21.4. The number of rotatable bonds is 7. The lowest BCUT2D eigenvalue weighted by Gasteiger charge is -2.26. The Kier molecular flexibility index (Phi) is 7.00. The summed E-state index contributed by atoms with van der Waals surface area (Å²) in [6, 6.07) is 9.99. The average Bonchev–Trinajstić information content (AvgIpc) is 2.75. The van der Waals surface area contributed by atoms with Crippen LogP contribution in [0.1, 0.15) is 31.9 Å². The molecule has 1 aromatic heterocycles. The molecule has 1 N–H and O–H groups in total. The highest BCUT2D eigenvalue weighted by Crippen LogP contribution is 2.21. The Morgan fingerprint density at radius 2 is 1.90 bits per heavy atom. The van der Waals surface area contributed by atoms with Crippen LogP contribution in [-0.4, -0.2) is 44.9 Å². The van der Waals surface area contributed by atoms with Crippen molar-refractivity contribution in [1.29, 1.82) is 0 Å². The lowest BCUT2D eigenvalue weighted by Crippen LogP contribution is -2.44. The second kappa shape index (κ2) is 9.47. The molecule has 1 saturated heterocycles. The highest BCUT2D eigenvalue weighted by molar-refractivity contribution is 7.89. The van der Waals surface area contributed by atoms with Crippen molar-refractivity contribution in [3.05, 3.63) is 54.4 Å². The number of hydrogen-bond acceptors (Lipinski definition) is 4. The van der Waals surface area contributed by atoms with Crippen LogP contribution in [0.5, 0.6) is 0 Å². The Hall–Kier alpha value is -2.29. The molecule has 1 fully saturated rings. The van der Waals surface area contributed by atoms with Crippen molar-refractivity contribution in [2.24, 2.45) is 0 Å². The fraction of sp³-hybridized carbons (Fsp3) is 0.429.